The molecule has 0 atom stereocenters. The molecule has 0 aliphatic heterocycles. The van der Waals surface area contributed by atoms with Crippen molar-refractivity contribution in [3.8, 4) is 0 Å². The third kappa shape index (κ3) is 5.37. The molecule has 2 aromatic rings. The van der Waals surface area contributed by atoms with E-state index in [0.717, 1.165) is 38.5 Å². The first kappa shape index (κ1) is 19.5. The summed E-state index contributed by atoms with van der Waals surface area (Å²) < 4.78 is 40.8. The van der Waals surface area contributed by atoms with Crippen molar-refractivity contribution in [2.75, 3.05) is 5.32 Å². The first-order valence-corrected chi connectivity index (χ1v) is 10.6. The second kappa shape index (κ2) is 8.63. The lowest BCUT2D eigenvalue weighted by molar-refractivity contribution is 0.102. The quantitative estimate of drug-likeness (QED) is 0.756. The molecule has 1 aliphatic rings. The molecule has 1 saturated carbocycles. The number of hydrogen-bond acceptors (Lipinski definition) is 3. The predicted octanol–water partition coefficient (Wildman–Crippen LogP) is 4.08. The van der Waals surface area contributed by atoms with Crippen LogP contribution in [0.2, 0.25) is 0 Å². The highest BCUT2D eigenvalue weighted by Crippen LogP contribution is 2.20. The summed E-state index contributed by atoms with van der Waals surface area (Å²) >= 11 is 0. The fourth-order valence-corrected chi connectivity index (χ4v) is 4.51. The molecule has 7 heteroatoms. The van der Waals surface area contributed by atoms with Crippen LogP contribution in [-0.4, -0.2) is 20.4 Å². The largest absolute Gasteiger partial charge is 0.322 e. The van der Waals surface area contributed by atoms with Crippen molar-refractivity contribution in [2.45, 2.75) is 49.5 Å². The Labute approximate surface area is 159 Å². The van der Waals surface area contributed by atoms with Gasteiger partial charge in [0.2, 0.25) is 10.0 Å². The molecule has 0 unspecified atom stereocenters. The summed E-state index contributed by atoms with van der Waals surface area (Å²) in [5, 5.41) is 2.65. The van der Waals surface area contributed by atoms with E-state index in [4.69, 9.17) is 0 Å². The summed E-state index contributed by atoms with van der Waals surface area (Å²) in [6.07, 6.45) is 6.09. The summed E-state index contributed by atoms with van der Waals surface area (Å²) in [4.78, 5) is 12.4. The van der Waals surface area contributed by atoms with Crippen LogP contribution in [0.15, 0.2) is 53.4 Å². The minimum absolute atomic E-state index is 0.0287. The Morgan fingerprint density at radius 1 is 0.889 bits per heavy atom. The van der Waals surface area contributed by atoms with Gasteiger partial charge < -0.3 is 5.32 Å². The zero-order valence-electron chi connectivity index (χ0n) is 14.9. The molecule has 0 heterocycles. The average molecular weight is 390 g/mol. The van der Waals surface area contributed by atoms with Crippen molar-refractivity contribution in [3.63, 3.8) is 0 Å². The number of amides is 1. The van der Waals surface area contributed by atoms with E-state index in [-0.39, 0.29) is 22.7 Å². The molecule has 1 aliphatic carbocycles. The lowest BCUT2D eigenvalue weighted by Gasteiger charge is -2.16. The summed E-state index contributed by atoms with van der Waals surface area (Å²) in [5.74, 6) is -0.772. The Kier molecular flexibility index (Phi) is 6.23. The molecule has 0 radical (unpaired) electrons. The molecule has 1 amide bonds. The SMILES string of the molecule is O=C(Nc1ccc(F)cc1)c1ccc(S(=O)(=O)NC2CCCCCC2)cc1. The molecule has 0 spiro atoms. The van der Waals surface area contributed by atoms with Crippen LogP contribution >= 0.6 is 0 Å². The topological polar surface area (TPSA) is 75.3 Å². The molecular formula is C20H23FN2O3S. The van der Waals surface area contributed by atoms with E-state index in [2.05, 4.69) is 10.0 Å². The summed E-state index contributed by atoms with van der Waals surface area (Å²) in [6, 6.07) is 11.2. The molecule has 0 aromatic heterocycles. The first-order chi connectivity index (χ1) is 12.9. The third-order valence-corrected chi connectivity index (χ3v) is 6.24. The van der Waals surface area contributed by atoms with Gasteiger partial charge in [0.05, 0.1) is 4.90 Å². The van der Waals surface area contributed by atoms with Gasteiger partial charge in [-0.3, -0.25) is 4.79 Å². The van der Waals surface area contributed by atoms with Crippen molar-refractivity contribution in [3.05, 3.63) is 59.9 Å². The van der Waals surface area contributed by atoms with Gasteiger partial charge in [0.1, 0.15) is 5.82 Å². The summed E-state index contributed by atoms with van der Waals surface area (Å²) in [6.45, 7) is 0. The van der Waals surface area contributed by atoms with E-state index in [1.165, 1.54) is 48.5 Å². The van der Waals surface area contributed by atoms with Gasteiger partial charge in [-0.25, -0.2) is 17.5 Å². The van der Waals surface area contributed by atoms with Gasteiger partial charge in [-0.1, -0.05) is 25.7 Å². The second-order valence-electron chi connectivity index (χ2n) is 6.80. The van der Waals surface area contributed by atoms with Crippen LogP contribution in [0.4, 0.5) is 10.1 Å². The van der Waals surface area contributed by atoms with E-state index < -0.39 is 10.0 Å². The Bertz CT molecular complexity index is 872. The number of carbonyl (C=O) groups excluding carboxylic acids is 1. The first-order valence-electron chi connectivity index (χ1n) is 9.13. The van der Waals surface area contributed by atoms with Gasteiger partial charge in [-0.2, -0.15) is 0 Å². The van der Waals surface area contributed by atoms with Gasteiger partial charge in [-0.15, -0.1) is 0 Å². The van der Waals surface area contributed by atoms with Crippen molar-refractivity contribution < 1.29 is 17.6 Å². The van der Waals surface area contributed by atoms with E-state index in [0.29, 0.717) is 11.3 Å². The summed E-state index contributed by atoms with van der Waals surface area (Å²) in [7, 11) is -3.61. The number of rotatable bonds is 5. The van der Waals surface area contributed by atoms with Gasteiger partial charge in [0.15, 0.2) is 0 Å². The summed E-state index contributed by atoms with van der Waals surface area (Å²) in [5.41, 5.74) is 0.792. The van der Waals surface area contributed by atoms with Crippen LogP contribution in [0, 0.1) is 5.82 Å². The molecule has 27 heavy (non-hydrogen) atoms. The maximum atomic E-state index is 12.9. The number of benzene rings is 2. The highest BCUT2D eigenvalue weighted by Gasteiger charge is 2.21. The average Bonchev–Trinajstić information content (AvgIpc) is 2.92. The number of sulfonamides is 1. The lowest BCUT2D eigenvalue weighted by Crippen LogP contribution is -2.34. The molecule has 0 bridgehead atoms. The van der Waals surface area contributed by atoms with Crippen LogP contribution in [0.1, 0.15) is 48.9 Å². The molecule has 0 saturated heterocycles. The smallest absolute Gasteiger partial charge is 0.255 e. The van der Waals surface area contributed by atoms with E-state index in [9.17, 15) is 17.6 Å². The van der Waals surface area contributed by atoms with Crippen LogP contribution in [0.5, 0.6) is 0 Å². The minimum atomic E-state index is -3.61. The zero-order valence-corrected chi connectivity index (χ0v) is 15.8. The van der Waals surface area contributed by atoms with E-state index >= 15 is 0 Å². The highest BCUT2D eigenvalue weighted by molar-refractivity contribution is 7.89. The second-order valence-corrected chi connectivity index (χ2v) is 8.51. The Hall–Kier alpha value is -2.25. The van der Waals surface area contributed by atoms with Crippen molar-refractivity contribution >= 4 is 21.6 Å². The van der Waals surface area contributed by atoms with Crippen molar-refractivity contribution in [1.29, 1.82) is 0 Å². The Morgan fingerprint density at radius 2 is 1.48 bits per heavy atom. The van der Waals surface area contributed by atoms with E-state index in [1.807, 2.05) is 0 Å². The fraction of sp³-hybridized carbons (Fsp3) is 0.350. The molecule has 144 valence electrons. The minimum Gasteiger partial charge on any atom is -0.322 e. The molecular weight excluding hydrogens is 367 g/mol. The van der Waals surface area contributed by atoms with Gasteiger partial charge in [-0.05, 0) is 61.4 Å². The standard InChI is InChI=1S/C20H23FN2O3S/c21-16-9-11-17(12-10-16)22-20(24)15-7-13-19(14-8-15)27(25,26)23-18-5-3-1-2-4-6-18/h7-14,18,23H,1-6H2,(H,22,24). The molecule has 3 rings (SSSR count). The van der Waals surface area contributed by atoms with Crippen LogP contribution < -0.4 is 10.0 Å². The van der Waals surface area contributed by atoms with Crippen molar-refractivity contribution in [1.82, 2.24) is 4.72 Å². The normalized spacial score (nSPS) is 15.9. The number of halogens is 1. The van der Waals surface area contributed by atoms with Gasteiger partial charge >= 0.3 is 0 Å². The highest BCUT2D eigenvalue weighted by atomic mass is 32.2. The Balaban J connectivity index is 1.66. The molecule has 2 aromatic carbocycles. The molecule has 2 N–H and O–H groups in total. The maximum absolute atomic E-state index is 12.9. The third-order valence-electron chi connectivity index (χ3n) is 4.71. The monoisotopic (exact) mass is 390 g/mol. The van der Waals surface area contributed by atoms with Crippen LogP contribution in [0.25, 0.3) is 0 Å². The zero-order chi connectivity index (χ0) is 19.3. The molecule has 1 fully saturated rings. The fourth-order valence-electron chi connectivity index (χ4n) is 3.21. The maximum Gasteiger partial charge on any atom is 0.255 e. The molecule has 5 nitrogen and oxygen atoms in total. The number of hydrogen-bond donors (Lipinski definition) is 2. The Morgan fingerprint density at radius 3 is 2.07 bits per heavy atom. The van der Waals surface area contributed by atoms with Crippen LogP contribution in [0.3, 0.4) is 0 Å². The van der Waals surface area contributed by atoms with Crippen LogP contribution in [-0.2, 0) is 10.0 Å². The number of nitrogens with one attached hydrogen (secondary N) is 2. The lowest BCUT2D eigenvalue weighted by atomic mass is 10.1. The van der Waals surface area contributed by atoms with Crippen molar-refractivity contribution in [2.24, 2.45) is 0 Å². The van der Waals surface area contributed by atoms with E-state index in [1.54, 1.807) is 0 Å². The predicted molar refractivity (Wildman–Crippen MR) is 103 cm³/mol. The number of carbonyl (C=O) groups is 1. The number of anilines is 1. The van der Waals surface area contributed by atoms with Gasteiger partial charge in [0.25, 0.3) is 5.91 Å². The van der Waals surface area contributed by atoms with Gasteiger partial charge in [0, 0.05) is 17.3 Å².